The molecule has 106 valence electrons. The summed E-state index contributed by atoms with van der Waals surface area (Å²) >= 11 is 0. The Hall–Kier alpha value is -1.32. The summed E-state index contributed by atoms with van der Waals surface area (Å²) in [6.07, 6.45) is 4.39. The Bertz CT molecular complexity index is 216. The summed E-state index contributed by atoms with van der Waals surface area (Å²) in [5, 5.41) is 0. The van der Waals surface area contributed by atoms with Crippen LogP contribution in [-0.2, 0) is 19.1 Å². The van der Waals surface area contributed by atoms with Gasteiger partial charge in [0.25, 0.3) is 0 Å². The maximum Gasteiger partial charge on any atom is 0.320 e. The molecule has 0 aromatic heterocycles. The van der Waals surface area contributed by atoms with Gasteiger partial charge in [0, 0.05) is 0 Å². The van der Waals surface area contributed by atoms with Crippen molar-refractivity contribution in [3.8, 4) is 0 Å². The van der Waals surface area contributed by atoms with E-state index in [0.29, 0.717) is 0 Å². The largest absolute Gasteiger partial charge is 0.465 e. The van der Waals surface area contributed by atoms with Crippen molar-refractivity contribution in [2.24, 2.45) is 5.92 Å². The molecule has 0 unspecified atom stereocenters. The molecule has 0 saturated carbocycles. The minimum Gasteiger partial charge on any atom is -0.465 e. The third-order valence-corrected chi connectivity index (χ3v) is 2.04. The zero-order valence-electron chi connectivity index (χ0n) is 12.0. The Labute approximate surface area is 110 Å². The van der Waals surface area contributed by atoms with Gasteiger partial charge in [-0.3, -0.25) is 9.59 Å². The average Bonchev–Trinajstić information content (AvgIpc) is 2.36. The number of esters is 2. The fourth-order valence-corrected chi connectivity index (χ4v) is 0.941. The highest BCUT2D eigenvalue weighted by Gasteiger charge is 2.27. The van der Waals surface area contributed by atoms with E-state index in [1.165, 1.54) is 18.9 Å². The number of carbonyl (C=O) groups excluding carboxylic acids is 2. The van der Waals surface area contributed by atoms with Crippen molar-refractivity contribution in [3.05, 3.63) is 12.7 Å². The molecular formula is C14H26O4. The minimum absolute atomic E-state index is 0.248. The molecule has 0 aliphatic rings. The first-order valence-corrected chi connectivity index (χ1v) is 6.52. The van der Waals surface area contributed by atoms with Crippen molar-refractivity contribution < 1.29 is 19.1 Å². The van der Waals surface area contributed by atoms with Gasteiger partial charge in [-0.15, -0.1) is 6.58 Å². The van der Waals surface area contributed by atoms with Gasteiger partial charge >= 0.3 is 11.9 Å². The fraction of sp³-hybridized carbons (Fsp3) is 0.714. The van der Waals surface area contributed by atoms with Gasteiger partial charge in [0.2, 0.25) is 0 Å². The van der Waals surface area contributed by atoms with Gasteiger partial charge in [0.05, 0.1) is 13.2 Å². The summed E-state index contributed by atoms with van der Waals surface area (Å²) in [6.45, 7) is 11.7. The smallest absolute Gasteiger partial charge is 0.320 e. The van der Waals surface area contributed by atoms with Gasteiger partial charge in [-0.25, -0.2) is 0 Å². The normalized spacial score (nSPS) is 9.17. The van der Waals surface area contributed by atoms with E-state index in [4.69, 9.17) is 9.47 Å². The highest BCUT2D eigenvalue weighted by Crippen LogP contribution is 2.09. The Morgan fingerprint density at radius 2 is 1.39 bits per heavy atom. The SMILES string of the molecule is C=CCC(C(=O)OCC)C(=O)OCC.CCCC. The van der Waals surface area contributed by atoms with Crippen LogP contribution >= 0.6 is 0 Å². The van der Waals surface area contributed by atoms with E-state index in [0.717, 1.165) is 0 Å². The molecule has 0 radical (unpaired) electrons. The first kappa shape index (κ1) is 19.0. The molecular weight excluding hydrogens is 232 g/mol. The number of rotatable bonds is 7. The molecule has 0 aromatic rings. The predicted octanol–water partition coefficient (Wildman–Crippen LogP) is 3.11. The molecule has 0 aliphatic carbocycles. The maximum atomic E-state index is 11.3. The zero-order chi connectivity index (χ0) is 14.4. The molecule has 0 aromatic carbocycles. The molecule has 0 fully saturated rings. The van der Waals surface area contributed by atoms with Crippen LogP contribution in [0.25, 0.3) is 0 Å². The van der Waals surface area contributed by atoms with Crippen molar-refractivity contribution >= 4 is 11.9 Å². The maximum absolute atomic E-state index is 11.3. The van der Waals surface area contributed by atoms with Gasteiger partial charge in [-0.05, 0) is 20.3 Å². The highest BCUT2D eigenvalue weighted by molar-refractivity contribution is 5.95. The topological polar surface area (TPSA) is 52.6 Å². The lowest BCUT2D eigenvalue weighted by atomic mass is 10.1. The summed E-state index contributed by atoms with van der Waals surface area (Å²) in [5.41, 5.74) is 0. The van der Waals surface area contributed by atoms with Crippen LogP contribution in [0.15, 0.2) is 12.7 Å². The third-order valence-electron chi connectivity index (χ3n) is 2.04. The van der Waals surface area contributed by atoms with Crippen molar-refractivity contribution in [1.29, 1.82) is 0 Å². The molecule has 0 spiro atoms. The second-order valence-corrected chi connectivity index (χ2v) is 3.58. The number of unbranched alkanes of at least 4 members (excludes halogenated alkanes) is 1. The highest BCUT2D eigenvalue weighted by atomic mass is 16.6. The number of carbonyl (C=O) groups is 2. The molecule has 0 saturated heterocycles. The van der Waals surface area contributed by atoms with Crippen LogP contribution in [-0.4, -0.2) is 25.2 Å². The van der Waals surface area contributed by atoms with Crippen LogP contribution in [0.5, 0.6) is 0 Å². The van der Waals surface area contributed by atoms with E-state index in [2.05, 4.69) is 20.4 Å². The van der Waals surface area contributed by atoms with Crippen molar-refractivity contribution in [1.82, 2.24) is 0 Å². The summed E-state index contributed by atoms with van der Waals surface area (Å²) in [5.74, 6) is -1.97. The van der Waals surface area contributed by atoms with Gasteiger partial charge < -0.3 is 9.47 Å². The second-order valence-electron chi connectivity index (χ2n) is 3.58. The molecule has 0 rings (SSSR count). The number of hydrogen-bond acceptors (Lipinski definition) is 4. The summed E-state index contributed by atoms with van der Waals surface area (Å²) in [7, 11) is 0. The van der Waals surface area contributed by atoms with E-state index < -0.39 is 17.9 Å². The Kier molecular flexibility index (Phi) is 14.5. The third kappa shape index (κ3) is 9.87. The van der Waals surface area contributed by atoms with Gasteiger partial charge in [-0.2, -0.15) is 0 Å². The number of hydrogen-bond donors (Lipinski definition) is 0. The van der Waals surface area contributed by atoms with Crippen molar-refractivity contribution in [2.75, 3.05) is 13.2 Å². The van der Waals surface area contributed by atoms with Crippen LogP contribution < -0.4 is 0 Å². The predicted molar refractivity (Wildman–Crippen MR) is 72.2 cm³/mol. The van der Waals surface area contributed by atoms with Gasteiger partial charge in [0.1, 0.15) is 0 Å². The molecule has 0 amide bonds. The lowest BCUT2D eigenvalue weighted by Gasteiger charge is -2.11. The Balaban J connectivity index is 0. The Morgan fingerprint density at radius 3 is 1.61 bits per heavy atom. The lowest BCUT2D eigenvalue weighted by Crippen LogP contribution is -2.27. The van der Waals surface area contributed by atoms with Crippen molar-refractivity contribution in [2.45, 2.75) is 47.0 Å². The standard InChI is InChI=1S/C10H16O4.C4H10/c1-4-7-8(9(11)13-5-2)10(12)14-6-3;1-3-4-2/h4,8H,1,5-7H2,2-3H3;3-4H2,1-2H3. The van der Waals surface area contributed by atoms with Gasteiger partial charge in [-0.1, -0.05) is 32.8 Å². The average molecular weight is 258 g/mol. The molecule has 0 heterocycles. The monoisotopic (exact) mass is 258 g/mol. The number of ether oxygens (including phenoxy) is 2. The second kappa shape index (κ2) is 13.7. The van der Waals surface area contributed by atoms with Crippen LogP contribution in [0.2, 0.25) is 0 Å². The summed E-state index contributed by atoms with van der Waals surface area (Å²) < 4.78 is 9.47. The lowest BCUT2D eigenvalue weighted by molar-refractivity contribution is -0.161. The molecule has 0 aliphatic heterocycles. The van der Waals surface area contributed by atoms with E-state index in [1.54, 1.807) is 13.8 Å². The zero-order valence-corrected chi connectivity index (χ0v) is 12.0. The van der Waals surface area contributed by atoms with E-state index >= 15 is 0 Å². The van der Waals surface area contributed by atoms with Gasteiger partial charge in [0.15, 0.2) is 5.92 Å². The van der Waals surface area contributed by atoms with E-state index in [-0.39, 0.29) is 19.6 Å². The van der Waals surface area contributed by atoms with Crippen LogP contribution in [0.1, 0.15) is 47.0 Å². The summed E-state index contributed by atoms with van der Waals surface area (Å²) in [6, 6.07) is 0. The van der Waals surface area contributed by atoms with Crippen LogP contribution in [0.4, 0.5) is 0 Å². The molecule has 0 bridgehead atoms. The van der Waals surface area contributed by atoms with Crippen LogP contribution in [0, 0.1) is 5.92 Å². The molecule has 0 N–H and O–H groups in total. The van der Waals surface area contributed by atoms with E-state index in [9.17, 15) is 9.59 Å². The Morgan fingerprint density at radius 1 is 1.00 bits per heavy atom. The first-order chi connectivity index (χ1) is 8.58. The molecule has 0 atom stereocenters. The molecule has 18 heavy (non-hydrogen) atoms. The quantitative estimate of drug-likeness (QED) is 0.400. The number of allylic oxidation sites excluding steroid dienone is 1. The van der Waals surface area contributed by atoms with Crippen molar-refractivity contribution in [3.63, 3.8) is 0 Å². The van der Waals surface area contributed by atoms with E-state index in [1.807, 2.05) is 0 Å². The molecule has 4 heteroatoms. The first-order valence-electron chi connectivity index (χ1n) is 6.52. The van der Waals surface area contributed by atoms with Crippen LogP contribution in [0.3, 0.4) is 0 Å². The fourth-order valence-electron chi connectivity index (χ4n) is 0.941. The minimum atomic E-state index is -0.868. The molecule has 4 nitrogen and oxygen atoms in total. The summed E-state index contributed by atoms with van der Waals surface area (Å²) in [4.78, 5) is 22.6.